The Morgan fingerprint density at radius 3 is 1.71 bits per heavy atom. The van der Waals surface area contributed by atoms with Gasteiger partial charge in [0.2, 0.25) is 0 Å². The van der Waals surface area contributed by atoms with E-state index < -0.39 is 8.07 Å². The van der Waals surface area contributed by atoms with E-state index in [1.807, 2.05) is 6.07 Å². The van der Waals surface area contributed by atoms with Gasteiger partial charge in [-0.15, -0.1) is 0 Å². The summed E-state index contributed by atoms with van der Waals surface area (Å²) in [5, 5.41) is 7.80. The van der Waals surface area contributed by atoms with Gasteiger partial charge in [0.15, 0.2) is 8.07 Å². The molecule has 1 aliphatic heterocycles. The fourth-order valence-electron chi connectivity index (χ4n) is 11.5. The lowest BCUT2D eigenvalue weighted by Crippen LogP contribution is -2.72. The summed E-state index contributed by atoms with van der Waals surface area (Å²) in [5.41, 5.74) is 16.3. The molecule has 3 heteroatoms. The predicted molar refractivity (Wildman–Crippen MR) is 274 cm³/mol. The van der Waals surface area contributed by atoms with Crippen molar-refractivity contribution in [2.24, 2.45) is 0 Å². The molecule has 2 aliphatic rings. The molecule has 1 atom stereocenters. The number of nitrogens with zero attached hydrogens (tertiary/aromatic N) is 1. The van der Waals surface area contributed by atoms with E-state index in [1.165, 1.54) is 70.8 Å². The van der Waals surface area contributed by atoms with Crippen LogP contribution in [0.15, 0.2) is 247 Å². The van der Waals surface area contributed by atoms with Gasteiger partial charge in [0.25, 0.3) is 0 Å². The predicted octanol–water partition coefficient (Wildman–Crippen LogP) is 13.4. The molecule has 0 bridgehead atoms. The molecule has 0 spiro atoms. The van der Waals surface area contributed by atoms with Crippen LogP contribution in [0.3, 0.4) is 0 Å². The molecule has 0 fully saturated rings. The quantitative estimate of drug-likeness (QED) is 0.149. The number of hydrogen-bond acceptors (Lipinski definition) is 2. The largest absolute Gasteiger partial charge is 0.456 e. The van der Waals surface area contributed by atoms with E-state index in [0.717, 1.165) is 39.0 Å². The van der Waals surface area contributed by atoms with Crippen LogP contribution in [-0.2, 0) is 5.41 Å². The molecule has 65 heavy (non-hydrogen) atoms. The van der Waals surface area contributed by atoms with Crippen molar-refractivity contribution in [1.82, 2.24) is 0 Å². The van der Waals surface area contributed by atoms with Crippen LogP contribution in [0.4, 0.5) is 17.1 Å². The summed E-state index contributed by atoms with van der Waals surface area (Å²) < 4.78 is 6.61. The molecule has 11 aromatic rings. The fourth-order valence-corrected chi connectivity index (χ4v) is 16.7. The second-order valence-electron chi connectivity index (χ2n) is 17.7. The minimum atomic E-state index is -2.91. The van der Waals surface area contributed by atoms with Crippen molar-refractivity contribution in [1.29, 1.82) is 0 Å². The minimum Gasteiger partial charge on any atom is -0.456 e. The number of fused-ring (bicyclic) bond motifs is 9. The number of hydrogen-bond donors (Lipinski definition) is 0. The zero-order valence-corrected chi connectivity index (χ0v) is 36.9. The fraction of sp³-hybridized carbons (Fsp3) is 0.0323. The summed E-state index contributed by atoms with van der Waals surface area (Å²) in [6.07, 6.45) is 0. The topological polar surface area (TPSA) is 16.4 Å². The van der Waals surface area contributed by atoms with Gasteiger partial charge < -0.3 is 9.32 Å². The van der Waals surface area contributed by atoms with Crippen LogP contribution in [-0.4, -0.2) is 8.07 Å². The van der Waals surface area contributed by atoms with E-state index in [2.05, 4.69) is 248 Å². The maximum Gasteiger partial charge on any atom is 0.180 e. The van der Waals surface area contributed by atoms with Gasteiger partial charge in [-0.3, -0.25) is 0 Å². The molecule has 2 heterocycles. The number of anilines is 3. The number of rotatable bonds is 7. The zero-order chi connectivity index (χ0) is 43.1. The molecular formula is C62H43NOSi. The first kappa shape index (κ1) is 37.6. The molecule has 306 valence electrons. The van der Waals surface area contributed by atoms with Gasteiger partial charge in [0.05, 0.1) is 0 Å². The second-order valence-corrected chi connectivity index (χ2v) is 21.5. The molecule has 13 rings (SSSR count). The van der Waals surface area contributed by atoms with Crippen molar-refractivity contribution in [3.63, 3.8) is 0 Å². The van der Waals surface area contributed by atoms with E-state index >= 15 is 0 Å². The van der Waals surface area contributed by atoms with Gasteiger partial charge in [-0.05, 0) is 120 Å². The van der Waals surface area contributed by atoms with Gasteiger partial charge in [-0.2, -0.15) is 0 Å². The molecule has 10 aromatic carbocycles. The molecule has 1 unspecified atom stereocenters. The Bertz CT molecular complexity index is 3600. The van der Waals surface area contributed by atoms with Crippen molar-refractivity contribution in [2.45, 2.75) is 12.3 Å². The standard InChI is InChI=1S/C62H43NOSi/c1-62(44-21-6-3-7-22-44)56-30-12-8-26-50(56)51-36-34-46(40-57(51)62)63(47-35-37-53-52-27-9-13-31-58(52)64-59(53)41-47)45-23-17-25-49(39-45)65(48-24-16-20-43(38-48)42-18-4-2-5-19-42)60-32-14-10-28-54(60)55-29-11-15-33-61(55)65/h2-41H,1H3. The van der Waals surface area contributed by atoms with Crippen LogP contribution < -0.4 is 25.6 Å². The van der Waals surface area contributed by atoms with Crippen LogP contribution in [0.25, 0.3) is 55.3 Å². The summed E-state index contributed by atoms with van der Waals surface area (Å²) in [6, 6.07) is 90.2. The van der Waals surface area contributed by atoms with Crippen LogP contribution in [0.5, 0.6) is 0 Å². The second kappa shape index (κ2) is 14.5. The highest BCUT2D eigenvalue weighted by Gasteiger charge is 2.49. The summed E-state index contributed by atoms with van der Waals surface area (Å²) >= 11 is 0. The third kappa shape index (κ3) is 5.52. The molecule has 0 amide bonds. The molecule has 1 aliphatic carbocycles. The molecule has 0 radical (unpaired) electrons. The Balaban J connectivity index is 1.07. The van der Waals surface area contributed by atoms with Crippen LogP contribution in [0.2, 0.25) is 0 Å². The first-order valence-corrected chi connectivity index (χ1v) is 24.6. The van der Waals surface area contributed by atoms with Gasteiger partial charge >= 0.3 is 0 Å². The highest BCUT2D eigenvalue weighted by molar-refractivity contribution is 7.22. The SMILES string of the molecule is CC1(c2ccccc2)c2ccccc2-c2ccc(N(c3cccc([Si]4(c5cccc(-c6ccccc6)c5)c5ccccc5-c5ccccc54)c3)c3ccc4c(c3)oc3ccccc34)cc21. The van der Waals surface area contributed by atoms with Gasteiger partial charge in [0.1, 0.15) is 11.2 Å². The minimum absolute atomic E-state index is 0.350. The van der Waals surface area contributed by atoms with E-state index in [0.29, 0.717) is 0 Å². The third-order valence-corrected chi connectivity index (χ3v) is 19.3. The lowest BCUT2D eigenvalue weighted by molar-refractivity contribution is 0.669. The zero-order valence-electron chi connectivity index (χ0n) is 35.9. The Labute approximate surface area is 380 Å². The van der Waals surface area contributed by atoms with Crippen LogP contribution in [0.1, 0.15) is 23.6 Å². The Morgan fingerprint density at radius 1 is 0.369 bits per heavy atom. The summed E-state index contributed by atoms with van der Waals surface area (Å²) in [6.45, 7) is 2.40. The first-order chi connectivity index (χ1) is 32.1. The third-order valence-electron chi connectivity index (χ3n) is 14.4. The molecule has 2 nitrogen and oxygen atoms in total. The number of para-hydroxylation sites is 1. The Kier molecular flexibility index (Phi) is 8.40. The molecule has 0 N–H and O–H groups in total. The lowest BCUT2D eigenvalue weighted by Gasteiger charge is -2.34. The highest BCUT2D eigenvalue weighted by Crippen LogP contribution is 2.54. The Hall–Kier alpha value is -7.98. The maximum atomic E-state index is 6.61. The molecule has 0 saturated carbocycles. The van der Waals surface area contributed by atoms with E-state index in [9.17, 15) is 0 Å². The highest BCUT2D eigenvalue weighted by atomic mass is 28.3. The molecular weight excluding hydrogens is 803 g/mol. The normalized spacial score (nSPS) is 15.3. The van der Waals surface area contributed by atoms with Crippen molar-refractivity contribution >= 4 is 67.8 Å². The smallest absolute Gasteiger partial charge is 0.180 e. The van der Waals surface area contributed by atoms with Gasteiger partial charge in [-0.25, -0.2) is 0 Å². The average Bonchev–Trinajstić information content (AvgIpc) is 3.99. The van der Waals surface area contributed by atoms with E-state index in [4.69, 9.17) is 4.42 Å². The van der Waals surface area contributed by atoms with Crippen molar-refractivity contribution in [3.05, 3.63) is 259 Å². The summed E-state index contributed by atoms with van der Waals surface area (Å²) in [5.74, 6) is 0. The summed E-state index contributed by atoms with van der Waals surface area (Å²) in [4.78, 5) is 2.46. The van der Waals surface area contributed by atoms with Crippen molar-refractivity contribution < 1.29 is 4.42 Å². The molecule has 1 aromatic heterocycles. The van der Waals surface area contributed by atoms with Crippen molar-refractivity contribution in [2.75, 3.05) is 4.90 Å². The number of furan rings is 1. The van der Waals surface area contributed by atoms with Crippen LogP contribution >= 0.6 is 0 Å². The maximum absolute atomic E-state index is 6.61. The molecule has 0 saturated heterocycles. The van der Waals surface area contributed by atoms with Gasteiger partial charge in [-0.1, -0.05) is 194 Å². The van der Waals surface area contributed by atoms with Crippen molar-refractivity contribution in [3.8, 4) is 33.4 Å². The first-order valence-electron chi connectivity index (χ1n) is 22.6. The van der Waals surface area contributed by atoms with Crippen LogP contribution in [0, 0.1) is 0 Å². The Morgan fingerprint density at radius 2 is 0.923 bits per heavy atom. The van der Waals surface area contributed by atoms with E-state index in [1.54, 1.807) is 0 Å². The lowest BCUT2D eigenvalue weighted by atomic mass is 9.74. The van der Waals surface area contributed by atoms with E-state index in [-0.39, 0.29) is 5.41 Å². The van der Waals surface area contributed by atoms with Gasteiger partial charge in [0, 0.05) is 39.3 Å². The average molecular weight is 846 g/mol. The monoisotopic (exact) mass is 845 g/mol. The number of benzene rings is 10. The summed E-state index contributed by atoms with van der Waals surface area (Å²) in [7, 11) is -2.91.